The van der Waals surface area contributed by atoms with Crippen LogP contribution in [0.2, 0.25) is 5.02 Å². The van der Waals surface area contributed by atoms with Gasteiger partial charge in [-0.05, 0) is 48.7 Å². The maximum atomic E-state index is 13.1. The molecule has 1 fully saturated rings. The molecule has 0 amide bonds. The lowest BCUT2D eigenvalue weighted by Gasteiger charge is -2.30. The number of hydrogen-bond donors (Lipinski definition) is 1. The van der Waals surface area contributed by atoms with E-state index in [-0.39, 0.29) is 35.0 Å². The molecule has 192 valence electrons. The number of aromatic nitrogens is 5. The van der Waals surface area contributed by atoms with E-state index in [2.05, 4.69) is 25.0 Å². The fourth-order valence-corrected chi connectivity index (χ4v) is 6.04. The normalized spacial score (nSPS) is 15.2. The number of nitrogens with one attached hydrogen (secondary N) is 1. The lowest BCUT2D eigenvalue weighted by Crippen LogP contribution is -2.38. The monoisotopic (exact) mass is 542 g/mol. The largest absolute Gasteiger partial charge is 0.465 e. The topological polar surface area (TPSA) is 140 Å². The molecule has 5 rings (SSSR count). The minimum absolute atomic E-state index is 0.0982. The molecule has 2 aromatic carbocycles. The Morgan fingerprint density at radius 3 is 2.51 bits per heavy atom. The van der Waals surface area contributed by atoms with Gasteiger partial charge in [0, 0.05) is 24.0 Å². The van der Waals surface area contributed by atoms with Crippen LogP contribution >= 0.6 is 11.6 Å². The van der Waals surface area contributed by atoms with Crippen LogP contribution in [0.15, 0.2) is 58.2 Å². The molecule has 13 heteroatoms. The number of methoxy groups -OCH3 is 1. The summed E-state index contributed by atoms with van der Waals surface area (Å²) in [4.78, 5) is 31.9. The Bertz CT molecular complexity index is 1630. The average Bonchev–Trinajstić information content (AvgIpc) is 3.33. The molecule has 0 atom stereocenters. The minimum atomic E-state index is -3.74. The fraction of sp³-hybridized carbons (Fsp3) is 0.292. The van der Waals surface area contributed by atoms with Crippen LogP contribution in [0.25, 0.3) is 11.2 Å². The first kappa shape index (κ1) is 25.1. The Morgan fingerprint density at radius 1 is 1.14 bits per heavy atom. The number of esters is 1. The highest BCUT2D eigenvalue weighted by molar-refractivity contribution is 7.89. The predicted molar refractivity (Wildman–Crippen MR) is 135 cm³/mol. The molecule has 0 unspecified atom stereocenters. The second-order valence-corrected chi connectivity index (χ2v) is 11.0. The van der Waals surface area contributed by atoms with Gasteiger partial charge in [-0.25, -0.2) is 22.9 Å². The highest BCUT2D eigenvalue weighted by Crippen LogP contribution is 2.29. The molecule has 1 saturated heterocycles. The fourth-order valence-electron chi connectivity index (χ4n) is 4.37. The van der Waals surface area contributed by atoms with Gasteiger partial charge in [-0.3, -0.25) is 4.79 Å². The molecular formula is C24H23ClN6O5S. The summed E-state index contributed by atoms with van der Waals surface area (Å²) < 4.78 is 33.8. The zero-order valence-electron chi connectivity index (χ0n) is 19.8. The number of sulfonamides is 1. The maximum Gasteiger partial charge on any atom is 0.337 e. The van der Waals surface area contributed by atoms with Crippen molar-refractivity contribution in [2.24, 2.45) is 0 Å². The molecule has 0 aliphatic carbocycles. The van der Waals surface area contributed by atoms with Gasteiger partial charge < -0.3 is 9.72 Å². The van der Waals surface area contributed by atoms with Crippen LogP contribution in [-0.4, -0.2) is 63.9 Å². The Morgan fingerprint density at radius 2 is 1.84 bits per heavy atom. The molecule has 1 aliphatic heterocycles. The van der Waals surface area contributed by atoms with Crippen LogP contribution in [0.1, 0.15) is 40.5 Å². The Labute approximate surface area is 217 Å². The number of carbonyl (C=O) groups is 1. The molecule has 0 spiro atoms. The van der Waals surface area contributed by atoms with Crippen LogP contribution in [0, 0.1) is 0 Å². The number of nitrogens with zero attached hydrogens (tertiary/aromatic N) is 5. The molecule has 2 aromatic heterocycles. The van der Waals surface area contributed by atoms with E-state index in [1.165, 1.54) is 40.4 Å². The van der Waals surface area contributed by atoms with Crippen molar-refractivity contribution in [2.75, 3.05) is 20.2 Å². The van der Waals surface area contributed by atoms with Crippen LogP contribution < -0.4 is 5.56 Å². The number of carbonyl (C=O) groups excluding carboxylic acids is 1. The molecule has 1 N–H and O–H groups in total. The van der Waals surface area contributed by atoms with Gasteiger partial charge in [0.05, 0.1) is 24.1 Å². The van der Waals surface area contributed by atoms with Gasteiger partial charge in [0.1, 0.15) is 5.82 Å². The van der Waals surface area contributed by atoms with Crippen molar-refractivity contribution in [3.63, 3.8) is 0 Å². The highest BCUT2D eigenvalue weighted by atomic mass is 35.5. The lowest BCUT2D eigenvalue weighted by molar-refractivity contribution is 0.0600. The van der Waals surface area contributed by atoms with Crippen molar-refractivity contribution in [3.8, 4) is 0 Å². The van der Waals surface area contributed by atoms with Gasteiger partial charge in [-0.2, -0.15) is 4.31 Å². The number of aromatic amines is 1. The van der Waals surface area contributed by atoms with Gasteiger partial charge in [-0.1, -0.05) is 35.0 Å². The minimum Gasteiger partial charge on any atom is -0.465 e. The van der Waals surface area contributed by atoms with E-state index in [0.29, 0.717) is 35.9 Å². The second kappa shape index (κ2) is 10.0. The van der Waals surface area contributed by atoms with Gasteiger partial charge >= 0.3 is 5.97 Å². The van der Waals surface area contributed by atoms with E-state index in [0.717, 1.165) is 5.56 Å². The van der Waals surface area contributed by atoms with Crippen molar-refractivity contribution < 1.29 is 17.9 Å². The summed E-state index contributed by atoms with van der Waals surface area (Å²) >= 11 is 6.28. The summed E-state index contributed by atoms with van der Waals surface area (Å²) in [6.07, 6.45) is 0.944. The van der Waals surface area contributed by atoms with Crippen molar-refractivity contribution >= 4 is 38.8 Å². The summed E-state index contributed by atoms with van der Waals surface area (Å²) in [7, 11) is -2.48. The Hall–Kier alpha value is -3.61. The van der Waals surface area contributed by atoms with Gasteiger partial charge in [0.2, 0.25) is 10.0 Å². The van der Waals surface area contributed by atoms with E-state index in [4.69, 9.17) is 11.6 Å². The number of ether oxygens (including phenoxy) is 1. The Balaban J connectivity index is 1.34. The number of halogens is 1. The van der Waals surface area contributed by atoms with Crippen LogP contribution in [0.4, 0.5) is 0 Å². The van der Waals surface area contributed by atoms with E-state index in [9.17, 15) is 18.0 Å². The first-order valence-corrected chi connectivity index (χ1v) is 13.3. The van der Waals surface area contributed by atoms with Crippen molar-refractivity contribution in [3.05, 3.63) is 80.9 Å². The highest BCUT2D eigenvalue weighted by Gasteiger charge is 2.31. The zero-order chi connectivity index (χ0) is 26.2. The molecule has 37 heavy (non-hydrogen) atoms. The third-order valence-electron chi connectivity index (χ3n) is 6.42. The van der Waals surface area contributed by atoms with Gasteiger partial charge in [-0.15, -0.1) is 5.10 Å². The summed E-state index contributed by atoms with van der Waals surface area (Å²) in [5, 5.41) is 8.64. The van der Waals surface area contributed by atoms with Crippen molar-refractivity contribution in [1.29, 1.82) is 0 Å². The first-order chi connectivity index (χ1) is 17.8. The third kappa shape index (κ3) is 4.87. The number of H-pyrrole nitrogens is 1. The molecule has 0 radical (unpaired) electrons. The van der Waals surface area contributed by atoms with E-state index < -0.39 is 21.6 Å². The first-order valence-electron chi connectivity index (χ1n) is 11.5. The van der Waals surface area contributed by atoms with Crippen molar-refractivity contribution in [1.82, 2.24) is 29.3 Å². The zero-order valence-corrected chi connectivity index (χ0v) is 21.4. The predicted octanol–water partition coefficient (Wildman–Crippen LogP) is 2.57. The van der Waals surface area contributed by atoms with Gasteiger partial charge in [0.15, 0.2) is 11.2 Å². The molecule has 1 aliphatic rings. The van der Waals surface area contributed by atoms with E-state index in [1.807, 2.05) is 18.2 Å². The van der Waals surface area contributed by atoms with E-state index >= 15 is 0 Å². The molecular weight excluding hydrogens is 520 g/mol. The number of hydrogen-bond acceptors (Lipinski definition) is 8. The number of rotatable bonds is 6. The smallest absolute Gasteiger partial charge is 0.337 e. The Kier molecular flexibility index (Phi) is 6.80. The molecule has 3 heterocycles. The summed E-state index contributed by atoms with van der Waals surface area (Å²) in [6, 6.07) is 13.0. The summed E-state index contributed by atoms with van der Waals surface area (Å²) in [5.74, 6) is -0.208. The van der Waals surface area contributed by atoms with Gasteiger partial charge in [0.25, 0.3) is 5.56 Å². The second-order valence-electron chi connectivity index (χ2n) is 8.66. The van der Waals surface area contributed by atoms with E-state index in [1.54, 1.807) is 6.07 Å². The average molecular weight is 543 g/mol. The van der Waals surface area contributed by atoms with Crippen LogP contribution in [0.5, 0.6) is 0 Å². The van der Waals surface area contributed by atoms with Crippen LogP contribution in [-0.2, 0) is 21.3 Å². The quantitative estimate of drug-likeness (QED) is 0.367. The molecule has 11 nitrogen and oxygen atoms in total. The van der Waals surface area contributed by atoms with Crippen LogP contribution in [0.3, 0.4) is 0 Å². The SMILES string of the molecule is COC(=O)c1ccc(S(=O)(=O)N2CCC(c3nc4c(nnn4Cc4ccccc4Cl)c(=O)[nH]3)CC2)cc1. The number of piperidine rings is 1. The molecule has 0 saturated carbocycles. The molecule has 0 bridgehead atoms. The molecule has 4 aromatic rings. The van der Waals surface area contributed by atoms with Crippen molar-refractivity contribution in [2.45, 2.75) is 30.2 Å². The lowest BCUT2D eigenvalue weighted by atomic mass is 9.97. The summed E-state index contributed by atoms with van der Waals surface area (Å²) in [6.45, 7) is 0.812. The number of fused-ring (bicyclic) bond motifs is 1. The maximum absolute atomic E-state index is 13.1. The number of benzene rings is 2. The third-order valence-corrected chi connectivity index (χ3v) is 8.71. The standard InChI is InChI=1S/C24H23ClN6O5S/c1-36-24(33)16-6-8-18(9-7-16)37(34,35)30-12-10-15(11-13-30)21-26-22-20(23(32)27-21)28-29-31(22)14-17-4-2-3-5-19(17)25/h2-9,15H,10-14H2,1H3,(H,26,27,32). The summed E-state index contributed by atoms with van der Waals surface area (Å²) in [5.41, 5.74) is 1.17.